The number of nitrogens with one attached hydrogen (secondary N) is 3. The van der Waals surface area contributed by atoms with Crippen molar-refractivity contribution in [3.63, 3.8) is 0 Å². The Balaban J connectivity index is 1.01. The van der Waals surface area contributed by atoms with E-state index < -0.39 is 35.7 Å². The summed E-state index contributed by atoms with van der Waals surface area (Å²) in [6, 6.07) is 12.1. The highest BCUT2D eigenvalue weighted by Crippen LogP contribution is 2.59. The second-order valence-electron chi connectivity index (χ2n) is 14.9. The van der Waals surface area contributed by atoms with Gasteiger partial charge in [-0.1, -0.05) is 30.3 Å². The van der Waals surface area contributed by atoms with Crippen LogP contribution in [0.2, 0.25) is 0 Å². The van der Waals surface area contributed by atoms with Crippen LogP contribution in [0.25, 0.3) is 33.6 Å². The molecule has 0 radical (unpaired) electrons. The average Bonchev–Trinajstić information content (AvgIpc) is 3.69. The highest BCUT2D eigenvalue weighted by molar-refractivity contribution is 5.87. The van der Waals surface area contributed by atoms with Crippen LogP contribution in [0.3, 0.4) is 0 Å². The predicted octanol–water partition coefficient (Wildman–Crippen LogP) is 6.72. The summed E-state index contributed by atoms with van der Waals surface area (Å²) in [6.07, 6.45) is 1.86. The molecule has 2 aromatic carbocycles. The summed E-state index contributed by atoms with van der Waals surface area (Å²) in [5.74, 6) is 0.710. The van der Waals surface area contributed by atoms with Gasteiger partial charge in [0, 0.05) is 25.3 Å². The Kier molecular flexibility index (Phi) is 10.2. The van der Waals surface area contributed by atoms with Crippen molar-refractivity contribution in [3.8, 4) is 39.4 Å². The van der Waals surface area contributed by atoms with Crippen LogP contribution in [-0.2, 0) is 19.1 Å². The van der Waals surface area contributed by atoms with Gasteiger partial charge in [-0.15, -0.1) is 0 Å². The Labute approximate surface area is 321 Å². The van der Waals surface area contributed by atoms with Gasteiger partial charge in [0.1, 0.15) is 28.9 Å². The van der Waals surface area contributed by atoms with Crippen LogP contribution in [0.4, 0.5) is 18.0 Å². The van der Waals surface area contributed by atoms with E-state index in [4.69, 9.17) is 14.2 Å². The fraction of sp³-hybridized carbons (Fsp3) is 0.475. The lowest BCUT2D eigenvalue weighted by Crippen LogP contribution is -2.50. The first-order valence-corrected chi connectivity index (χ1v) is 19.1. The Morgan fingerprint density at radius 2 is 1.54 bits per heavy atom. The average molecular weight is 776 g/mol. The van der Waals surface area contributed by atoms with Crippen molar-refractivity contribution in [2.24, 2.45) is 5.41 Å². The standard InChI is InChI=1S/C40H44F3N7O6/c1-54-38(53)48-30-23-55-18-2-3-19-56-33-20-26(12-13-27(33)29-22-45-34(47-29)31-6-4-16-49(31)36(30)51)24-8-10-25(11-9-24)28-21-44-35(46-28)32-7-5-17-50(32)37(52)39(14-15-39)40(41,42)43/h8-13,20-22,30-32H,2-7,14-19,23H2,1H3,(H,44,46)(H,45,47)(H,48,53)/t30-,31-,32-/m0/s1. The molecule has 2 saturated heterocycles. The number of alkyl carbamates (subject to hydrolysis) is 1. The maximum atomic E-state index is 13.8. The molecule has 8 rings (SSSR count). The zero-order valence-electron chi connectivity index (χ0n) is 31.0. The van der Waals surface area contributed by atoms with Gasteiger partial charge >= 0.3 is 12.3 Å². The Bertz CT molecular complexity index is 2080. The summed E-state index contributed by atoms with van der Waals surface area (Å²) in [5, 5.41) is 2.62. The zero-order valence-corrected chi connectivity index (χ0v) is 31.0. The molecule has 5 heterocycles. The van der Waals surface area contributed by atoms with Gasteiger partial charge in [0.2, 0.25) is 11.8 Å². The first-order chi connectivity index (χ1) is 27.1. The molecule has 3 aliphatic heterocycles. The van der Waals surface area contributed by atoms with E-state index >= 15 is 0 Å². The van der Waals surface area contributed by atoms with Gasteiger partial charge in [0.15, 0.2) is 0 Å². The van der Waals surface area contributed by atoms with Gasteiger partial charge in [-0.2, -0.15) is 13.2 Å². The number of nitrogens with zero attached hydrogens (tertiary/aromatic N) is 4. The molecule has 296 valence electrons. The number of ether oxygens (including phenoxy) is 3. The number of hydrogen-bond donors (Lipinski definition) is 3. The fourth-order valence-electron chi connectivity index (χ4n) is 8.07. The number of rotatable bonds is 5. The molecule has 4 aliphatic rings. The van der Waals surface area contributed by atoms with E-state index in [0.29, 0.717) is 75.0 Å². The van der Waals surface area contributed by atoms with Crippen molar-refractivity contribution in [1.29, 1.82) is 0 Å². The second kappa shape index (κ2) is 15.3. The van der Waals surface area contributed by atoms with Crippen LogP contribution in [0.15, 0.2) is 54.9 Å². The van der Waals surface area contributed by atoms with Gasteiger partial charge in [0.25, 0.3) is 0 Å². The van der Waals surface area contributed by atoms with Crippen molar-refractivity contribution in [2.45, 2.75) is 75.7 Å². The number of alkyl halides is 3. The van der Waals surface area contributed by atoms with E-state index in [0.717, 1.165) is 34.4 Å². The van der Waals surface area contributed by atoms with Crippen LogP contribution < -0.4 is 10.1 Å². The minimum Gasteiger partial charge on any atom is -0.493 e. The monoisotopic (exact) mass is 775 g/mol. The lowest BCUT2D eigenvalue weighted by atomic mass is 10.00. The lowest BCUT2D eigenvalue weighted by molar-refractivity contribution is -0.199. The van der Waals surface area contributed by atoms with E-state index in [-0.39, 0.29) is 37.9 Å². The molecule has 3 fully saturated rings. The first kappa shape index (κ1) is 37.5. The lowest BCUT2D eigenvalue weighted by Gasteiger charge is -2.29. The van der Waals surface area contributed by atoms with Gasteiger partial charge in [0.05, 0.1) is 56.2 Å². The highest BCUT2D eigenvalue weighted by atomic mass is 19.4. The van der Waals surface area contributed by atoms with Crippen LogP contribution in [0.5, 0.6) is 5.75 Å². The van der Waals surface area contributed by atoms with Crippen molar-refractivity contribution in [2.75, 3.05) is 40.0 Å². The number of aromatic nitrogens is 4. The molecule has 16 heteroatoms. The fourth-order valence-corrected chi connectivity index (χ4v) is 8.07. The summed E-state index contributed by atoms with van der Waals surface area (Å²) in [4.78, 5) is 57.8. The van der Waals surface area contributed by atoms with Crippen LogP contribution in [0.1, 0.15) is 75.1 Å². The minimum atomic E-state index is -4.55. The molecule has 3 atom stereocenters. The maximum Gasteiger partial charge on any atom is 0.407 e. The number of aromatic amines is 2. The molecule has 56 heavy (non-hydrogen) atoms. The van der Waals surface area contributed by atoms with E-state index in [1.807, 2.05) is 42.5 Å². The summed E-state index contributed by atoms with van der Waals surface area (Å²) >= 11 is 0. The predicted molar refractivity (Wildman–Crippen MR) is 197 cm³/mol. The summed E-state index contributed by atoms with van der Waals surface area (Å²) < 4.78 is 58.2. The molecule has 0 unspecified atom stereocenters. The number of fused-ring (bicyclic) bond motifs is 6. The normalized spacial score (nSPS) is 22.6. The molecule has 1 saturated carbocycles. The number of amides is 3. The zero-order chi connectivity index (χ0) is 39.0. The number of methoxy groups -OCH3 is 1. The van der Waals surface area contributed by atoms with Crippen LogP contribution >= 0.6 is 0 Å². The van der Waals surface area contributed by atoms with Gasteiger partial charge < -0.3 is 39.3 Å². The van der Waals surface area contributed by atoms with Gasteiger partial charge in [-0.25, -0.2) is 14.8 Å². The third-order valence-corrected chi connectivity index (χ3v) is 11.4. The van der Waals surface area contributed by atoms with Crippen LogP contribution in [0, 0.1) is 5.41 Å². The second-order valence-corrected chi connectivity index (χ2v) is 14.9. The summed E-state index contributed by atoms with van der Waals surface area (Å²) in [5.41, 5.74) is 2.74. The van der Waals surface area contributed by atoms with Crippen molar-refractivity contribution < 1.29 is 41.8 Å². The Morgan fingerprint density at radius 1 is 0.875 bits per heavy atom. The SMILES string of the molecule is COC(=O)N[C@H]1COCCCCOc2cc(-c3ccc(-c4cnc([C@@H]5CCCN5C(=O)C5(C(F)(F)F)CC5)[nH]4)cc3)ccc2-c2cnc([nH]2)[C@@H]2CCCN2C1=O. The first-order valence-electron chi connectivity index (χ1n) is 19.1. The third-order valence-electron chi connectivity index (χ3n) is 11.4. The number of H-pyrrole nitrogens is 2. The molecule has 1 aliphatic carbocycles. The van der Waals surface area contributed by atoms with Crippen molar-refractivity contribution in [3.05, 3.63) is 66.5 Å². The topological polar surface area (TPSA) is 155 Å². The number of halogens is 3. The molecule has 2 bridgehead atoms. The Hall–Kier alpha value is -5.38. The van der Waals surface area contributed by atoms with Gasteiger partial charge in [-0.05, 0) is 80.2 Å². The smallest absolute Gasteiger partial charge is 0.407 e. The molecular weight excluding hydrogens is 731 g/mol. The van der Waals surface area contributed by atoms with E-state index in [1.54, 1.807) is 17.3 Å². The largest absolute Gasteiger partial charge is 0.493 e. The molecule has 4 aromatic rings. The van der Waals surface area contributed by atoms with Crippen molar-refractivity contribution in [1.82, 2.24) is 35.1 Å². The molecule has 13 nitrogen and oxygen atoms in total. The quantitative estimate of drug-likeness (QED) is 0.202. The third kappa shape index (κ3) is 7.21. The Morgan fingerprint density at radius 3 is 2.29 bits per heavy atom. The number of carbonyl (C=O) groups excluding carboxylic acids is 3. The maximum absolute atomic E-state index is 13.8. The number of hydrogen-bond acceptors (Lipinski definition) is 8. The molecule has 3 N–H and O–H groups in total. The van der Waals surface area contributed by atoms with Crippen molar-refractivity contribution >= 4 is 17.9 Å². The van der Waals surface area contributed by atoms with Gasteiger partial charge in [-0.3, -0.25) is 9.59 Å². The molecule has 3 amide bonds. The minimum absolute atomic E-state index is 0.0139. The molecule has 2 aromatic heterocycles. The molecule has 0 spiro atoms. The number of imidazole rings is 2. The highest BCUT2D eigenvalue weighted by Gasteiger charge is 2.70. The summed E-state index contributed by atoms with van der Waals surface area (Å²) in [7, 11) is 1.25. The van der Waals surface area contributed by atoms with E-state index in [1.165, 1.54) is 12.0 Å². The number of benzene rings is 2. The van der Waals surface area contributed by atoms with Crippen LogP contribution in [-0.4, -0.2) is 99.9 Å². The van der Waals surface area contributed by atoms with E-state index in [9.17, 15) is 27.6 Å². The number of carbonyl (C=O) groups is 3. The van der Waals surface area contributed by atoms with E-state index in [2.05, 4.69) is 25.3 Å². The summed E-state index contributed by atoms with van der Waals surface area (Å²) in [6.45, 7) is 1.62. The molecular formula is C40H44F3N7O6. The number of likely N-dealkylation sites (tertiary alicyclic amines) is 1.